The third kappa shape index (κ3) is 2.71. The molecule has 0 bridgehead atoms. The van der Waals surface area contributed by atoms with Gasteiger partial charge >= 0.3 is 0 Å². The van der Waals surface area contributed by atoms with Gasteiger partial charge in [0.15, 0.2) is 0 Å². The van der Waals surface area contributed by atoms with Crippen LogP contribution in [0.2, 0.25) is 0 Å². The maximum Gasteiger partial charge on any atom is 0.261 e. The summed E-state index contributed by atoms with van der Waals surface area (Å²) in [4.78, 5) is -0.0142. The van der Waals surface area contributed by atoms with Crippen molar-refractivity contribution in [2.75, 3.05) is 4.72 Å². The molecule has 0 spiro atoms. The van der Waals surface area contributed by atoms with Gasteiger partial charge in [-0.25, -0.2) is 12.8 Å². The van der Waals surface area contributed by atoms with Crippen molar-refractivity contribution in [1.82, 2.24) is 0 Å². The summed E-state index contributed by atoms with van der Waals surface area (Å²) in [6, 6.07) is 10.2. The Hall–Kier alpha value is -2.65. The maximum absolute atomic E-state index is 13.0. The number of anilines is 1. The topological polar surface area (TPSA) is 70.0 Å². The van der Waals surface area contributed by atoms with E-state index in [2.05, 4.69) is 10.8 Å². The maximum atomic E-state index is 13.0. The van der Waals surface area contributed by atoms with Gasteiger partial charge in [-0.05, 0) is 54.8 Å². The molecule has 0 aliphatic heterocycles. The second-order valence-electron chi connectivity index (χ2n) is 5.28. The highest BCUT2D eigenvalue weighted by atomic mass is 32.2. The zero-order valence-electron chi connectivity index (χ0n) is 12.3. The van der Waals surface area contributed by atoms with E-state index < -0.39 is 15.8 Å². The number of aryl methyl sites for hydroxylation is 1. The third-order valence-corrected chi connectivity index (χ3v) is 5.17. The number of allylic oxidation sites excluding steroid dienone is 2. The van der Waals surface area contributed by atoms with Crippen LogP contribution in [0, 0.1) is 24.1 Å². The molecule has 23 heavy (non-hydrogen) atoms. The number of nitriles is 1. The Kier molecular flexibility index (Phi) is 3.66. The summed E-state index contributed by atoms with van der Waals surface area (Å²) in [6.45, 7) is 1.88. The summed E-state index contributed by atoms with van der Waals surface area (Å²) in [5.41, 5.74) is 3.49. The van der Waals surface area contributed by atoms with Gasteiger partial charge in [-0.15, -0.1) is 0 Å². The highest BCUT2D eigenvalue weighted by Crippen LogP contribution is 2.35. The van der Waals surface area contributed by atoms with Gasteiger partial charge in [0, 0.05) is 5.56 Å². The normalized spacial score (nSPS) is 13.2. The van der Waals surface area contributed by atoms with E-state index in [-0.39, 0.29) is 4.90 Å². The van der Waals surface area contributed by atoms with Gasteiger partial charge in [0.25, 0.3) is 10.0 Å². The number of sulfonamides is 1. The van der Waals surface area contributed by atoms with E-state index in [1.807, 2.05) is 6.92 Å². The minimum Gasteiger partial charge on any atom is -0.279 e. The van der Waals surface area contributed by atoms with Crippen LogP contribution in [0.15, 0.2) is 47.4 Å². The van der Waals surface area contributed by atoms with Crippen LogP contribution in [0.1, 0.15) is 16.7 Å². The summed E-state index contributed by atoms with van der Waals surface area (Å²) in [7, 11) is -3.81. The fraction of sp³-hybridized carbons (Fsp3) is 0.118. The zero-order valence-corrected chi connectivity index (χ0v) is 13.1. The molecule has 1 N–H and O–H groups in total. The van der Waals surface area contributed by atoms with Crippen LogP contribution in [-0.2, 0) is 16.4 Å². The Balaban J connectivity index is 2.01. The molecule has 1 aliphatic rings. The summed E-state index contributed by atoms with van der Waals surface area (Å²) >= 11 is 0. The Bertz CT molecular complexity index is 955. The van der Waals surface area contributed by atoms with E-state index in [1.54, 1.807) is 18.2 Å². The van der Waals surface area contributed by atoms with Gasteiger partial charge in [-0.2, -0.15) is 5.26 Å². The molecular weight excluding hydrogens is 315 g/mol. The van der Waals surface area contributed by atoms with Gasteiger partial charge in [-0.3, -0.25) is 4.72 Å². The Labute approximate surface area is 133 Å². The Morgan fingerprint density at radius 1 is 1.17 bits per heavy atom. The lowest BCUT2D eigenvalue weighted by Crippen LogP contribution is -2.14. The number of benzene rings is 2. The molecule has 2 aromatic carbocycles. The third-order valence-electron chi connectivity index (χ3n) is 3.79. The first kappa shape index (κ1) is 15.3. The number of halogens is 1. The highest BCUT2D eigenvalue weighted by molar-refractivity contribution is 7.92. The molecule has 116 valence electrons. The molecule has 0 radical (unpaired) electrons. The minimum atomic E-state index is -3.81. The Morgan fingerprint density at radius 3 is 2.52 bits per heavy atom. The molecule has 0 unspecified atom stereocenters. The predicted molar refractivity (Wildman–Crippen MR) is 85.7 cm³/mol. The first-order valence-corrected chi connectivity index (χ1v) is 8.42. The number of rotatable bonds is 3. The number of hydrogen-bond donors (Lipinski definition) is 1. The van der Waals surface area contributed by atoms with Gasteiger partial charge in [0.1, 0.15) is 5.82 Å². The lowest BCUT2D eigenvalue weighted by molar-refractivity contribution is 0.599. The van der Waals surface area contributed by atoms with Crippen LogP contribution in [0.25, 0.3) is 5.57 Å². The lowest BCUT2D eigenvalue weighted by atomic mass is 9.99. The van der Waals surface area contributed by atoms with Crippen molar-refractivity contribution in [1.29, 1.82) is 5.26 Å². The number of nitrogens with one attached hydrogen (secondary N) is 1. The van der Waals surface area contributed by atoms with Crippen molar-refractivity contribution in [3.8, 4) is 6.07 Å². The number of hydrogen-bond acceptors (Lipinski definition) is 3. The van der Waals surface area contributed by atoms with Crippen molar-refractivity contribution in [2.24, 2.45) is 0 Å². The first-order chi connectivity index (χ1) is 10.9. The predicted octanol–water partition coefficient (Wildman–Crippen LogP) is 3.40. The standard InChI is InChI=1S/C17H13FN2O2S/c1-11-2-9-16(15-8-3-12(10-19)17(11)15)20-23(21,22)14-6-4-13(18)5-7-14/h2-7,9,20H,8H2,1H3. The number of fused-ring (bicyclic) bond motifs is 1. The molecule has 1 aliphatic carbocycles. The lowest BCUT2D eigenvalue weighted by Gasteiger charge is -2.14. The zero-order chi connectivity index (χ0) is 16.6. The first-order valence-electron chi connectivity index (χ1n) is 6.94. The molecule has 4 nitrogen and oxygen atoms in total. The SMILES string of the molecule is Cc1ccc(NS(=O)(=O)c2ccc(F)cc2)c2c1C(C#N)=CC2. The van der Waals surface area contributed by atoms with Crippen LogP contribution < -0.4 is 4.72 Å². The average Bonchev–Trinajstić information content (AvgIpc) is 2.95. The second kappa shape index (κ2) is 5.52. The van der Waals surface area contributed by atoms with Gasteiger partial charge < -0.3 is 0 Å². The van der Waals surface area contributed by atoms with E-state index in [0.717, 1.165) is 28.8 Å². The molecule has 0 saturated heterocycles. The molecule has 0 saturated carbocycles. The van der Waals surface area contributed by atoms with E-state index in [9.17, 15) is 18.1 Å². The molecule has 0 atom stereocenters. The van der Waals surface area contributed by atoms with E-state index in [4.69, 9.17) is 0 Å². The van der Waals surface area contributed by atoms with Gasteiger partial charge in [0.2, 0.25) is 0 Å². The van der Waals surface area contributed by atoms with Crippen molar-refractivity contribution >= 4 is 21.3 Å². The van der Waals surface area contributed by atoms with E-state index in [1.165, 1.54) is 12.1 Å². The summed E-state index contributed by atoms with van der Waals surface area (Å²) in [6.07, 6.45) is 2.29. The summed E-state index contributed by atoms with van der Waals surface area (Å²) in [5.74, 6) is -0.497. The quantitative estimate of drug-likeness (QED) is 0.939. The second-order valence-corrected chi connectivity index (χ2v) is 6.96. The molecule has 0 aromatic heterocycles. The van der Waals surface area contributed by atoms with Crippen molar-refractivity contribution in [2.45, 2.75) is 18.2 Å². The molecular formula is C17H13FN2O2S. The molecule has 2 aromatic rings. The minimum absolute atomic E-state index is 0.0142. The van der Waals surface area contributed by atoms with Crippen LogP contribution in [0.3, 0.4) is 0 Å². The summed E-state index contributed by atoms with van der Waals surface area (Å²) < 4.78 is 40.4. The highest BCUT2D eigenvalue weighted by Gasteiger charge is 2.22. The molecule has 6 heteroatoms. The van der Waals surface area contributed by atoms with Crippen LogP contribution >= 0.6 is 0 Å². The molecule has 0 amide bonds. The molecule has 0 fully saturated rings. The van der Waals surface area contributed by atoms with Crippen LogP contribution in [0.5, 0.6) is 0 Å². The summed E-state index contributed by atoms with van der Waals surface area (Å²) in [5, 5.41) is 9.17. The van der Waals surface area contributed by atoms with Crippen molar-refractivity contribution in [3.63, 3.8) is 0 Å². The fourth-order valence-corrected chi connectivity index (χ4v) is 3.77. The Morgan fingerprint density at radius 2 is 1.87 bits per heavy atom. The van der Waals surface area contributed by atoms with E-state index >= 15 is 0 Å². The van der Waals surface area contributed by atoms with Gasteiger partial charge in [-0.1, -0.05) is 12.1 Å². The average molecular weight is 328 g/mol. The smallest absolute Gasteiger partial charge is 0.261 e. The van der Waals surface area contributed by atoms with Crippen LogP contribution in [-0.4, -0.2) is 8.42 Å². The largest absolute Gasteiger partial charge is 0.279 e. The number of nitrogens with zero attached hydrogens (tertiary/aromatic N) is 1. The van der Waals surface area contributed by atoms with E-state index in [0.29, 0.717) is 17.7 Å². The fourth-order valence-electron chi connectivity index (χ4n) is 2.67. The molecule has 3 rings (SSSR count). The van der Waals surface area contributed by atoms with Crippen LogP contribution in [0.4, 0.5) is 10.1 Å². The van der Waals surface area contributed by atoms with Gasteiger partial charge in [0.05, 0.1) is 22.2 Å². The van der Waals surface area contributed by atoms with Crippen molar-refractivity contribution in [3.05, 3.63) is 65.0 Å². The molecule has 0 heterocycles. The van der Waals surface area contributed by atoms with Crippen molar-refractivity contribution < 1.29 is 12.8 Å². The monoisotopic (exact) mass is 328 g/mol.